The molecule has 3 rings (SSSR count). The molecule has 0 aliphatic carbocycles. The number of hydrogen-bond donors (Lipinski definition) is 2. The summed E-state index contributed by atoms with van der Waals surface area (Å²) in [5.74, 6) is -0.784. The molecule has 142 valence electrons. The molecule has 8 heteroatoms. The van der Waals surface area contributed by atoms with E-state index in [2.05, 4.69) is 15.3 Å². The Hall–Kier alpha value is -3.94. The summed E-state index contributed by atoms with van der Waals surface area (Å²) >= 11 is 0. The molecule has 0 unspecified atom stereocenters. The van der Waals surface area contributed by atoms with Crippen LogP contribution in [0.5, 0.6) is 5.75 Å². The zero-order valence-corrected chi connectivity index (χ0v) is 15.0. The maximum Gasteiger partial charge on any atom is 0.361 e. The fourth-order valence-electron chi connectivity index (χ4n) is 2.45. The summed E-state index contributed by atoms with van der Waals surface area (Å²) in [5, 5.41) is 2.72. The minimum absolute atomic E-state index is 0.0742. The van der Waals surface area contributed by atoms with Crippen LogP contribution in [0.25, 0.3) is 0 Å². The van der Waals surface area contributed by atoms with Gasteiger partial charge in [-0.2, -0.15) is 0 Å². The maximum absolute atomic E-state index is 12.8. The molecule has 0 aliphatic rings. The van der Waals surface area contributed by atoms with Gasteiger partial charge in [0.1, 0.15) is 5.75 Å². The lowest BCUT2D eigenvalue weighted by Gasteiger charge is -2.18. The Morgan fingerprint density at radius 2 is 1.68 bits per heavy atom. The molecule has 28 heavy (non-hydrogen) atoms. The van der Waals surface area contributed by atoms with Crippen LogP contribution < -0.4 is 15.8 Å². The highest BCUT2D eigenvalue weighted by atomic mass is 16.5. The number of carbonyl (C=O) groups excluding carboxylic acids is 2. The normalized spacial score (nSPS) is 11.3. The van der Waals surface area contributed by atoms with Crippen molar-refractivity contribution in [2.75, 3.05) is 18.2 Å². The molecule has 2 aromatic carbocycles. The van der Waals surface area contributed by atoms with Crippen LogP contribution in [-0.4, -0.2) is 29.0 Å². The molecule has 1 aromatic heterocycles. The first-order chi connectivity index (χ1) is 13.6. The van der Waals surface area contributed by atoms with Crippen molar-refractivity contribution in [1.82, 2.24) is 9.97 Å². The van der Waals surface area contributed by atoms with Gasteiger partial charge in [-0.15, -0.1) is 0 Å². The second-order valence-corrected chi connectivity index (χ2v) is 5.70. The first kappa shape index (κ1) is 18.8. The summed E-state index contributed by atoms with van der Waals surface area (Å²) in [6.07, 6.45) is 1.48. The number of nitrogen functional groups attached to an aromatic ring is 1. The number of rotatable bonds is 6. The number of esters is 1. The third-order valence-electron chi connectivity index (χ3n) is 3.84. The van der Waals surface area contributed by atoms with E-state index in [4.69, 9.17) is 15.2 Å². The van der Waals surface area contributed by atoms with Crippen LogP contribution in [0.15, 0.2) is 67.0 Å². The van der Waals surface area contributed by atoms with Crippen LogP contribution in [0, 0.1) is 0 Å². The molecule has 3 N–H and O–H groups in total. The predicted molar refractivity (Wildman–Crippen MR) is 103 cm³/mol. The van der Waals surface area contributed by atoms with E-state index < -0.39 is 18.0 Å². The number of carbonyl (C=O) groups is 2. The van der Waals surface area contributed by atoms with Gasteiger partial charge in [-0.25, -0.2) is 14.8 Å². The number of aromatic nitrogens is 2. The third kappa shape index (κ3) is 4.42. The third-order valence-corrected chi connectivity index (χ3v) is 3.84. The molecule has 0 saturated carbocycles. The number of hydrogen-bond acceptors (Lipinski definition) is 7. The molecule has 8 nitrogen and oxygen atoms in total. The van der Waals surface area contributed by atoms with Gasteiger partial charge in [0.25, 0.3) is 5.91 Å². The Morgan fingerprint density at radius 3 is 2.32 bits per heavy atom. The van der Waals surface area contributed by atoms with Crippen molar-refractivity contribution in [3.8, 4) is 5.75 Å². The number of nitrogens with zero attached hydrogens (tertiary/aromatic N) is 2. The summed E-state index contributed by atoms with van der Waals surface area (Å²) < 4.78 is 10.5. The van der Waals surface area contributed by atoms with E-state index in [9.17, 15) is 9.59 Å². The second-order valence-electron chi connectivity index (χ2n) is 5.70. The lowest BCUT2D eigenvalue weighted by Crippen LogP contribution is -2.26. The Labute approximate surface area is 161 Å². The molecule has 0 fully saturated rings. The Balaban J connectivity index is 1.83. The van der Waals surface area contributed by atoms with Crippen LogP contribution in [0.2, 0.25) is 0 Å². The molecule has 1 amide bonds. The van der Waals surface area contributed by atoms with Gasteiger partial charge in [-0.3, -0.25) is 4.79 Å². The van der Waals surface area contributed by atoms with Crippen molar-refractivity contribution in [2.24, 2.45) is 0 Å². The van der Waals surface area contributed by atoms with E-state index in [1.807, 2.05) is 0 Å². The summed E-state index contributed by atoms with van der Waals surface area (Å²) in [6.45, 7) is 0. The van der Waals surface area contributed by atoms with Crippen molar-refractivity contribution in [2.45, 2.75) is 6.10 Å². The maximum atomic E-state index is 12.8. The predicted octanol–water partition coefficient (Wildman–Crippen LogP) is 2.60. The fraction of sp³-hybridized carbons (Fsp3) is 0.100. The van der Waals surface area contributed by atoms with Crippen LogP contribution in [0.3, 0.4) is 0 Å². The quantitative estimate of drug-likeness (QED) is 0.633. The average molecular weight is 378 g/mol. The number of nitrogens with one attached hydrogen (secondary N) is 1. The van der Waals surface area contributed by atoms with Gasteiger partial charge >= 0.3 is 5.97 Å². The first-order valence-corrected chi connectivity index (χ1v) is 8.36. The molecular formula is C20H18N4O4. The fourth-order valence-corrected chi connectivity index (χ4v) is 2.45. The molecule has 0 bridgehead atoms. The zero-order chi connectivity index (χ0) is 19.9. The van der Waals surface area contributed by atoms with Crippen molar-refractivity contribution >= 4 is 23.4 Å². The van der Waals surface area contributed by atoms with E-state index in [1.54, 1.807) is 61.7 Å². The number of benzene rings is 2. The largest absolute Gasteiger partial charge is 0.497 e. The highest BCUT2D eigenvalue weighted by Crippen LogP contribution is 2.23. The van der Waals surface area contributed by atoms with Gasteiger partial charge in [-0.1, -0.05) is 30.3 Å². The zero-order valence-electron chi connectivity index (χ0n) is 15.0. The van der Waals surface area contributed by atoms with Gasteiger partial charge in [0.15, 0.2) is 11.5 Å². The summed E-state index contributed by atoms with van der Waals surface area (Å²) in [7, 11) is 1.55. The lowest BCUT2D eigenvalue weighted by molar-refractivity contribution is -0.125. The molecule has 1 atom stereocenters. The van der Waals surface area contributed by atoms with E-state index in [0.717, 1.165) is 0 Å². The topological polar surface area (TPSA) is 116 Å². The van der Waals surface area contributed by atoms with E-state index in [-0.39, 0.29) is 11.5 Å². The van der Waals surface area contributed by atoms with E-state index >= 15 is 0 Å². The van der Waals surface area contributed by atoms with E-state index in [0.29, 0.717) is 17.0 Å². The number of ether oxygens (including phenoxy) is 2. The summed E-state index contributed by atoms with van der Waals surface area (Å²) in [6, 6.07) is 15.4. The Kier molecular flexibility index (Phi) is 5.81. The monoisotopic (exact) mass is 378 g/mol. The van der Waals surface area contributed by atoms with Crippen molar-refractivity contribution in [3.05, 3.63) is 78.2 Å². The Morgan fingerprint density at radius 1 is 1.00 bits per heavy atom. The molecular weight excluding hydrogens is 360 g/mol. The molecule has 1 heterocycles. The SMILES string of the molecule is COc1ccc(NC(=O)[C@@H](OC(=O)c2nccnc2N)c2ccccc2)cc1. The van der Waals surface area contributed by atoms with Crippen molar-refractivity contribution in [1.29, 1.82) is 0 Å². The molecule has 0 saturated heterocycles. The van der Waals surface area contributed by atoms with Gasteiger partial charge in [0.05, 0.1) is 7.11 Å². The Bertz CT molecular complexity index is 961. The standard InChI is InChI=1S/C20H18N4O4/c1-27-15-9-7-14(8-10-15)24-19(25)17(13-5-3-2-4-6-13)28-20(26)16-18(21)23-12-11-22-16/h2-12,17H,1H3,(H2,21,23)(H,24,25)/t17-/m0/s1. The van der Waals surface area contributed by atoms with Crippen molar-refractivity contribution in [3.63, 3.8) is 0 Å². The molecule has 0 aliphatic heterocycles. The number of nitrogens with two attached hydrogens (primary N) is 1. The summed E-state index contributed by atoms with van der Waals surface area (Å²) in [4.78, 5) is 33.0. The summed E-state index contributed by atoms with van der Waals surface area (Å²) in [5.41, 5.74) is 6.56. The van der Waals surface area contributed by atoms with Gasteiger partial charge < -0.3 is 20.5 Å². The number of methoxy groups -OCH3 is 1. The van der Waals surface area contributed by atoms with Crippen LogP contribution in [0.4, 0.5) is 11.5 Å². The highest BCUT2D eigenvalue weighted by Gasteiger charge is 2.27. The minimum atomic E-state index is -1.20. The van der Waals surface area contributed by atoms with E-state index in [1.165, 1.54) is 12.4 Å². The first-order valence-electron chi connectivity index (χ1n) is 8.36. The molecule has 0 spiro atoms. The van der Waals surface area contributed by atoms with Gasteiger partial charge in [0, 0.05) is 23.6 Å². The smallest absolute Gasteiger partial charge is 0.361 e. The highest BCUT2D eigenvalue weighted by molar-refractivity contribution is 5.98. The van der Waals surface area contributed by atoms with Gasteiger partial charge in [0.2, 0.25) is 6.10 Å². The van der Waals surface area contributed by atoms with Crippen LogP contribution >= 0.6 is 0 Å². The van der Waals surface area contributed by atoms with Crippen LogP contribution in [0.1, 0.15) is 22.2 Å². The van der Waals surface area contributed by atoms with Gasteiger partial charge in [-0.05, 0) is 24.3 Å². The second kappa shape index (κ2) is 8.63. The molecule has 3 aromatic rings. The number of amides is 1. The van der Waals surface area contributed by atoms with Crippen LogP contribution in [-0.2, 0) is 9.53 Å². The lowest BCUT2D eigenvalue weighted by atomic mass is 10.1. The number of anilines is 2. The minimum Gasteiger partial charge on any atom is -0.497 e. The molecule has 0 radical (unpaired) electrons. The van der Waals surface area contributed by atoms with Crippen molar-refractivity contribution < 1.29 is 19.1 Å². The average Bonchev–Trinajstić information content (AvgIpc) is 2.73.